The fourth-order valence-electron chi connectivity index (χ4n) is 2.37. The summed E-state index contributed by atoms with van der Waals surface area (Å²) in [4.78, 5) is 4.06. The topological polar surface area (TPSA) is 59.1 Å². The molecule has 1 heterocycles. The third-order valence-corrected chi connectivity index (χ3v) is 5.68. The van der Waals surface area contributed by atoms with Crippen molar-refractivity contribution in [1.29, 1.82) is 0 Å². The minimum Gasteiger partial charge on any atom is -0.279 e. The summed E-state index contributed by atoms with van der Waals surface area (Å²) in [5.41, 5.74) is 2.36. The molecule has 0 bridgehead atoms. The highest BCUT2D eigenvalue weighted by molar-refractivity contribution is 7.92. The minimum absolute atomic E-state index is 0.0990. The lowest BCUT2D eigenvalue weighted by Crippen LogP contribution is -2.14. The first-order valence-electron chi connectivity index (χ1n) is 7.12. The van der Waals surface area contributed by atoms with E-state index in [1.807, 2.05) is 26.0 Å². The van der Waals surface area contributed by atoms with Crippen molar-refractivity contribution >= 4 is 49.7 Å². The molecule has 0 amide bonds. The van der Waals surface area contributed by atoms with Gasteiger partial charge in [0, 0.05) is 17.0 Å². The van der Waals surface area contributed by atoms with Crippen molar-refractivity contribution < 1.29 is 8.42 Å². The van der Waals surface area contributed by atoms with E-state index in [0.717, 1.165) is 11.1 Å². The van der Waals surface area contributed by atoms with Gasteiger partial charge in [-0.05, 0) is 43.2 Å². The highest BCUT2D eigenvalue weighted by atomic mass is 35.5. The zero-order valence-electron chi connectivity index (χ0n) is 13.0. The van der Waals surface area contributed by atoms with E-state index in [1.165, 1.54) is 18.3 Å². The number of hydrogen-bond acceptors (Lipinski definition) is 3. The molecule has 1 N–H and O–H groups in total. The summed E-state index contributed by atoms with van der Waals surface area (Å²) in [6, 6.07) is 10.2. The molecular formula is C17H14Cl2N2O2S. The second-order valence-corrected chi connectivity index (χ2v) is 7.98. The standard InChI is InChI=1S/C17H14Cl2N2O2S/c1-10-3-4-11(2)16(7-10)21-24(22,23)12-5-6-13-14(8-12)17(19)20-9-15(13)18/h3-9,21H,1-2H3. The van der Waals surface area contributed by atoms with Gasteiger partial charge in [0.05, 0.1) is 15.6 Å². The zero-order chi connectivity index (χ0) is 17.5. The van der Waals surface area contributed by atoms with Crippen LogP contribution < -0.4 is 4.72 Å². The van der Waals surface area contributed by atoms with Crippen LogP contribution in [-0.4, -0.2) is 13.4 Å². The summed E-state index contributed by atoms with van der Waals surface area (Å²) in [5, 5.41) is 1.77. The normalized spacial score (nSPS) is 11.7. The lowest BCUT2D eigenvalue weighted by molar-refractivity contribution is 0.601. The van der Waals surface area contributed by atoms with Gasteiger partial charge < -0.3 is 0 Å². The molecule has 4 nitrogen and oxygen atoms in total. The van der Waals surface area contributed by atoms with Crippen LogP contribution in [0.1, 0.15) is 11.1 Å². The molecule has 0 saturated heterocycles. The second-order valence-electron chi connectivity index (χ2n) is 5.53. The molecular weight excluding hydrogens is 367 g/mol. The summed E-state index contributed by atoms with van der Waals surface area (Å²) in [6.07, 6.45) is 1.44. The van der Waals surface area contributed by atoms with Gasteiger partial charge in [-0.25, -0.2) is 13.4 Å². The Bertz CT molecular complexity index is 1050. The molecule has 0 spiro atoms. The SMILES string of the molecule is Cc1ccc(C)c(NS(=O)(=O)c2ccc3c(Cl)cnc(Cl)c3c2)c1. The van der Waals surface area contributed by atoms with Gasteiger partial charge in [-0.3, -0.25) is 4.72 Å². The number of fused-ring (bicyclic) bond motifs is 1. The number of sulfonamides is 1. The predicted molar refractivity (Wildman–Crippen MR) is 98.5 cm³/mol. The maximum absolute atomic E-state index is 12.7. The average Bonchev–Trinajstić information content (AvgIpc) is 2.54. The number of rotatable bonds is 3. The molecule has 0 aliphatic carbocycles. The fourth-order valence-corrected chi connectivity index (χ4v) is 3.94. The van der Waals surface area contributed by atoms with Crippen LogP contribution in [-0.2, 0) is 10.0 Å². The molecule has 0 aliphatic heterocycles. The summed E-state index contributed by atoms with van der Waals surface area (Å²) < 4.78 is 28.0. The van der Waals surface area contributed by atoms with Crippen molar-refractivity contribution in [3.63, 3.8) is 0 Å². The van der Waals surface area contributed by atoms with E-state index in [4.69, 9.17) is 23.2 Å². The molecule has 24 heavy (non-hydrogen) atoms. The van der Waals surface area contributed by atoms with E-state index >= 15 is 0 Å². The number of aryl methyl sites for hydroxylation is 2. The molecule has 124 valence electrons. The van der Waals surface area contributed by atoms with Crippen LogP contribution in [0.2, 0.25) is 10.2 Å². The molecule has 0 atom stereocenters. The Morgan fingerprint density at radius 3 is 2.50 bits per heavy atom. The van der Waals surface area contributed by atoms with E-state index in [9.17, 15) is 8.42 Å². The Hall–Kier alpha value is -1.82. The molecule has 0 saturated carbocycles. The highest BCUT2D eigenvalue weighted by Crippen LogP contribution is 2.30. The van der Waals surface area contributed by atoms with Gasteiger partial charge in [0.2, 0.25) is 0 Å². The Morgan fingerprint density at radius 1 is 1.00 bits per heavy atom. The van der Waals surface area contributed by atoms with Gasteiger partial charge in [0.25, 0.3) is 10.0 Å². The van der Waals surface area contributed by atoms with E-state index in [0.29, 0.717) is 21.5 Å². The summed E-state index contributed by atoms with van der Waals surface area (Å²) in [7, 11) is -3.75. The smallest absolute Gasteiger partial charge is 0.261 e. The molecule has 2 aromatic carbocycles. The van der Waals surface area contributed by atoms with Crippen LogP contribution in [0.15, 0.2) is 47.5 Å². The van der Waals surface area contributed by atoms with Gasteiger partial charge in [-0.15, -0.1) is 0 Å². The molecule has 1 aromatic heterocycles. The van der Waals surface area contributed by atoms with Crippen LogP contribution in [0.4, 0.5) is 5.69 Å². The Morgan fingerprint density at radius 2 is 1.75 bits per heavy atom. The van der Waals surface area contributed by atoms with E-state index in [1.54, 1.807) is 12.1 Å². The quantitative estimate of drug-likeness (QED) is 0.653. The molecule has 3 rings (SSSR count). The van der Waals surface area contributed by atoms with Gasteiger partial charge >= 0.3 is 0 Å². The molecule has 3 aromatic rings. The molecule has 7 heteroatoms. The van der Waals surface area contributed by atoms with Crippen molar-refractivity contribution in [1.82, 2.24) is 4.98 Å². The van der Waals surface area contributed by atoms with Gasteiger partial charge in [-0.2, -0.15) is 0 Å². The van der Waals surface area contributed by atoms with Crippen LogP contribution in [0.5, 0.6) is 0 Å². The number of benzene rings is 2. The summed E-state index contributed by atoms with van der Waals surface area (Å²) in [6.45, 7) is 3.75. The minimum atomic E-state index is -3.75. The van der Waals surface area contributed by atoms with Crippen molar-refractivity contribution in [2.75, 3.05) is 4.72 Å². The van der Waals surface area contributed by atoms with Crippen molar-refractivity contribution in [3.8, 4) is 0 Å². The lowest BCUT2D eigenvalue weighted by atomic mass is 10.1. The lowest BCUT2D eigenvalue weighted by Gasteiger charge is -2.12. The van der Waals surface area contributed by atoms with Crippen molar-refractivity contribution in [2.45, 2.75) is 18.7 Å². The number of halogens is 2. The van der Waals surface area contributed by atoms with E-state index < -0.39 is 10.0 Å². The summed E-state index contributed by atoms with van der Waals surface area (Å²) >= 11 is 12.1. The van der Waals surface area contributed by atoms with Crippen LogP contribution in [0.25, 0.3) is 10.8 Å². The zero-order valence-corrected chi connectivity index (χ0v) is 15.3. The maximum atomic E-state index is 12.7. The van der Waals surface area contributed by atoms with Crippen LogP contribution in [0.3, 0.4) is 0 Å². The third kappa shape index (κ3) is 3.20. The summed E-state index contributed by atoms with van der Waals surface area (Å²) in [5.74, 6) is 0. The molecule has 0 radical (unpaired) electrons. The fraction of sp³-hybridized carbons (Fsp3) is 0.118. The molecule has 0 aliphatic rings. The molecule has 0 unspecified atom stereocenters. The Balaban J connectivity index is 2.08. The molecule has 0 fully saturated rings. The van der Waals surface area contributed by atoms with Crippen LogP contribution >= 0.6 is 23.2 Å². The van der Waals surface area contributed by atoms with Crippen molar-refractivity contribution in [2.24, 2.45) is 0 Å². The second kappa shape index (κ2) is 6.24. The monoisotopic (exact) mass is 380 g/mol. The Labute approximate surface area is 150 Å². The highest BCUT2D eigenvalue weighted by Gasteiger charge is 2.17. The van der Waals surface area contributed by atoms with Gasteiger partial charge in [-0.1, -0.05) is 41.4 Å². The van der Waals surface area contributed by atoms with E-state index in [2.05, 4.69) is 9.71 Å². The first-order valence-corrected chi connectivity index (χ1v) is 9.36. The Kier molecular flexibility index (Phi) is 4.42. The number of nitrogens with zero attached hydrogens (tertiary/aromatic N) is 1. The average molecular weight is 381 g/mol. The number of nitrogens with one attached hydrogen (secondary N) is 1. The van der Waals surface area contributed by atoms with Gasteiger partial charge in [0.15, 0.2) is 0 Å². The number of aromatic nitrogens is 1. The van der Waals surface area contributed by atoms with Crippen molar-refractivity contribution in [3.05, 3.63) is 63.9 Å². The first kappa shape index (κ1) is 17.0. The third-order valence-electron chi connectivity index (χ3n) is 3.71. The maximum Gasteiger partial charge on any atom is 0.261 e. The first-order chi connectivity index (χ1) is 11.3. The predicted octanol–water partition coefficient (Wildman–Crippen LogP) is 4.96. The number of hydrogen-bond donors (Lipinski definition) is 1. The van der Waals surface area contributed by atoms with Crippen LogP contribution in [0, 0.1) is 13.8 Å². The van der Waals surface area contributed by atoms with E-state index in [-0.39, 0.29) is 10.0 Å². The number of pyridine rings is 1. The largest absolute Gasteiger partial charge is 0.279 e. The van der Waals surface area contributed by atoms with Gasteiger partial charge in [0.1, 0.15) is 5.15 Å². The number of anilines is 1.